The van der Waals surface area contributed by atoms with Crippen LogP contribution in [0.5, 0.6) is 5.75 Å². The van der Waals surface area contributed by atoms with Gasteiger partial charge in [-0.2, -0.15) is 13.2 Å². The molecule has 0 unspecified atom stereocenters. The Morgan fingerprint density at radius 1 is 1.03 bits per heavy atom. The van der Waals surface area contributed by atoms with E-state index in [-0.39, 0.29) is 36.4 Å². The molecule has 192 valence electrons. The lowest BCUT2D eigenvalue weighted by Gasteiger charge is -2.18. The van der Waals surface area contributed by atoms with Crippen molar-refractivity contribution in [2.24, 2.45) is 5.92 Å². The van der Waals surface area contributed by atoms with Crippen molar-refractivity contribution in [3.63, 3.8) is 0 Å². The van der Waals surface area contributed by atoms with Crippen LogP contribution < -0.4 is 20.3 Å². The first kappa shape index (κ1) is 25.7. The molecule has 2 N–H and O–H groups in total. The van der Waals surface area contributed by atoms with Crippen LogP contribution in [0.15, 0.2) is 72.8 Å². The van der Waals surface area contributed by atoms with Gasteiger partial charge in [0.2, 0.25) is 11.8 Å². The summed E-state index contributed by atoms with van der Waals surface area (Å²) in [5.74, 6) is -1.46. The molecule has 1 aliphatic heterocycles. The maximum Gasteiger partial charge on any atom is 0.416 e. The summed E-state index contributed by atoms with van der Waals surface area (Å²) in [6, 6.07) is 18.1. The minimum absolute atomic E-state index is 0.0716. The molecule has 10 heteroatoms. The molecule has 1 atom stereocenters. The zero-order chi connectivity index (χ0) is 26.6. The van der Waals surface area contributed by atoms with E-state index in [1.807, 2.05) is 12.1 Å². The molecule has 37 heavy (non-hydrogen) atoms. The first-order chi connectivity index (χ1) is 17.7. The fourth-order valence-electron chi connectivity index (χ4n) is 4.03. The van der Waals surface area contributed by atoms with E-state index < -0.39 is 35.4 Å². The van der Waals surface area contributed by atoms with Crippen molar-refractivity contribution in [1.82, 2.24) is 5.32 Å². The number of benzene rings is 3. The van der Waals surface area contributed by atoms with Gasteiger partial charge in [-0.15, -0.1) is 0 Å². The summed E-state index contributed by atoms with van der Waals surface area (Å²) in [5, 5.41) is 5.50. The highest BCUT2D eigenvalue weighted by atomic mass is 19.4. The number of rotatable bonds is 7. The molecule has 1 fully saturated rings. The Kier molecular flexibility index (Phi) is 7.47. The van der Waals surface area contributed by atoms with E-state index in [1.54, 1.807) is 43.5 Å². The molecule has 0 spiro atoms. The van der Waals surface area contributed by atoms with Crippen LogP contribution >= 0.6 is 0 Å². The number of nitrogens with zero attached hydrogens (tertiary/aromatic N) is 1. The number of anilines is 2. The number of carbonyl (C=O) groups excluding carboxylic acids is 3. The Morgan fingerprint density at radius 3 is 2.46 bits per heavy atom. The van der Waals surface area contributed by atoms with Gasteiger partial charge in [-0.3, -0.25) is 14.4 Å². The fourth-order valence-corrected chi connectivity index (χ4v) is 4.03. The largest absolute Gasteiger partial charge is 0.497 e. The van der Waals surface area contributed by atoms with Gasteiger partial charge in [-0.1, -0.05) is 30.3 Å². The molecule has 0 bridgehead atoms. The fraction of sp³-hybridized carbons (Fsp3) is 0.222. The minimum Gasteiger partial charge on any atom is -0.497 e. The standard InChI is InChI=1S/C27H24F3N3O4/c1-37-21-11-9-17(10-12-21)15-31-26(36)22-7-2-3-8-23(22)32-25(35)18-13-24(34)33(16-18)20-6-4-5-19(14-20)27(28,29)30/h2-12,14,18H,13,15-16H2,1H3,(H,31,36)(H,32,35)/t18-/m0/s1. The number of nitrogens with one attached hydrogen (secondary N) is 2. The van der Waals surface area contributed by atoms with Crippen molar-refractivity contribution in [2.45, 2.75) is 19.1 Å². The van der Waals surface area contributed by atoms with E-state index in [0.717, 1.165) is 17.7 Å². The van der Waals surface area contributed by atoms with Gasteiger partial charge in [0.1, 0.15) is 5.75 Å². The summed E-state index contributed by atoms with van der Waals surface area (Å²) >= 11 is 0. The number of amides is 3. The second-order valence-electron chi connectivity index (χ2n) is 8.52. The third-order valence-electron chi connectivity index (χ3n) is 6.02. The van der Waals surface area contributed by atoms with E-state index in [9.17, 15) is 27.6 Å². The molecular formula is C27H24F3N3O4. The predicted molar refractivity (Wildman–Crippen MR) is 131 cm³/mol. The second kappa shape index (κ2) is 10.7. The molecule has 4 rings (SSSR count). The van der Waals surface area contributed by atoms with Gasteiger partial charge in [0.05, 0.1) is 29.8 Å². The highest BCUT2D eigenvalue weighted by Crippen LogP contribution is 2.33. The zero-order valence-corrected chi connectivity index (χ0v) is 19.8. The van der Waals surface area contributed by atoms with Crippen molar-refractivity contribution in [3.05, 3.63) is 89.5 Å². The van der Waals surface area contributed by atoms with E-state index >= 15 is 0 Å². The van der Waals surface area contributed by atoms with Crippen LogP contribution in [0.25, 0.3) is 0 Å². The van der Waals surface area contributed by atoms with Crippen LogP contribution in [-0.4, -0.2) is 31.4 Å². The highest BCUT2D eigenvalue weighted by molar-refractivity contribution is 6.07. The monoisotopic (exact) mass is 511 g/mol. The summed E-state index contributed by atoms with van der Waals surface area (Å²) in [6.07, 6.45) is -4.71. The van der Waals surface area contributed by atoms with E-state index in [1.165, 1.54) is 17.0 Å². The Labute approximate surface area is 211 Å². The van der Waals surface area contributed by atoms with Crippen LogP contribution in [0.3, 0.4) is 0 Å². The summed E-state index contributed by atoms with van der Waals surface area (Å²) in [5.41, 5.74) is 0.566. The average molecular weight is 512 g/mol. The van der Waals surface area contributed by atoms with Crippen LogP contribution in [-0.2, 0) is 22.3 Å². The van der Waals surface area contributed by atoms with Gasteiger partial charge in [0, 0.05) is 25.2 Å². The highest BCUT2D eigenvalue weighted by Gasteiger charge is 2.37. The number of hydrogen-bond acceptors (Lipinski definition) is 4. The average Bonchev–Trinajstić information content (AvgIpc) is 3.29. The Bertz CT molecular complexity index is 1310. The number of alkyl halides is 3. The van der Waals surface area contributed by atoms with Crippen molar-refractivity contribution < 1.29 is 32.3 Å². The first-order valence-electron chi connectivity index (χ1n) is 11.4. The van der Waals surface area contributed by atoms with E-state index in [0.29, 0.717) is 5.75 Å². The number of halogens is 3. The molecule has 1 heterocycles. The number of methoxy groups -OCH3 is 1. The summed E-state index contributed by atoms with van der Waals surface area (Å²) in [4.78, 5) is 39.5. The lowest BCUT2D eigenvalue weighted by molar-refractivity contribution is -0.137. The summed E-state index contributed by atoms with van der Waals surface area (Å²) < 4.78 is 44.4. The molecule has 7 nitrogen and oxygen atoms in total. The first-order valence-corrected chi connectivity index (χ1v) is 11.4. The molecule has 0 aromatic heterocycles. The molecule has 3 aromatic carbocycles. The molecule has 1 aliphatic rings. The molecule has 0 radical (unpaired) electrons. The third kappa shape index (κ3) is 6.08. The number of ether oxygens (including phenoxy) is 1. The van der Waals surface area contributed by atoms with Crippen LogP contribution in [0.2, 0.25) is 0 Å². The lowest BCUT2D eigenvalue weighted by atomic mass is 10.1. The molecule has 0 aliphatic carbocycles. The van der Waals surface area contributed by atoms with Crippen LogP contribution in [0, 0.1) is 5.92 Å². The van der Waals surface area contributed by atoms with Crippen molar-refractivity contribution in [3.8, 4) is 5.75 Å². The number of para-hydroxylation sites is 1. The van der Waals surface area contributed by atoms with Crippen molar-refractivity contribution in [1.29, 1.82) is 0 Å². The third-order valence-corrected chi connectivity index (χ3v) is 6.02. The molecular weight excluding hydrogens is 487 g/mol. The smallest absolute Gasteiger partial charge is 0.416 e. The molecule has 1 saturated heterocycles. The predicted octanol–water partition coefficient (Wildman–Crippen LogP) is 4.64. The zero-order valence-electron chi connectivity index (χ0n) is 19.8. The Morgan fingerprint density at radius 2 is 1.76 bits per heavy atom. The molecule has 3 aromatic rings. The van der Waals surface area contributed by atoms with Gasteiger partial charge in [-0.25, -0.2) is 0 Å². The van der Waals surface area contributed by atoms with E-state index in [4.69, 9.17) is 4.74 Å². The van der Waals surface area contributed by atoms with Gasteiger partial charge >= 0.3 is 6.18 Å². The Balaban J connectivity index is 1.42. The van der Waals surface area contributed by atoms with Crippen LogP contribution in [0.1, 0.15) is 27.9 Å². The normalized spacial score (nSPS) is 15.4. The van der Waals surface area contributed by atoms with Gasteiger partial charge in [0.15, 0.2) is 0 Å². The quantitative estimate of drug-likeness (QED) is 0.484. The molecule has 0 saturated carbocycles. The van der Waals surface area contributed by atoms with Gasteiger partial charge in [0.25, 0.3) is 5.91 Å². The second-order valence-corrected chi connectivity index (χ2v) is 8.52. The SMILES string of the molecule is COc1ccc(CNC(=O)c2ccccc2NC(=O)[C@H]2CC(=O)N(c3cccc(C(F)(F)F)c3)C2)cc1. The summed E-state index contributed by atoms with van der Waals surface area (Å²) in [6.45, 7) is 0.187. The van der Waals surface area contributed by atoms with Crippen molar-refractivity contribution >= 4 is 29.1 Å². The Hall–Kier alpha value is -4.34. The minimum atomic E-state index is -4.55. The topological polar surface area (TPSA) is 87.7 Å². The van der Waals surface area contributed by atoms with Gasteiger partial charge in [-0.05, 0) is 48.0 Å². The lowest BCUT2D eigenvalue weighted by Crippen LogP contribution is -2.29. The van der Waals surface area contributed by atoms with Crippen LogP contribution in [0.4, 0.5) is 24.5 Å². The molecule has 3 amide bonds. The summed E-state index contributed by atoms with van der Waals surface area (Å²) in [7, 11) is 1.56. The van der Waals surface area contributed by atoms with Crippen molar-refractivity contribution in [2.75, 3.05) is 23.9 Å². The number of hydrogen-bond donors (Lipinski definition) is 2. The van der Waals surface area contributed by atoms with Gasteiger partial charge < -0.3 is 20.3 Å². The maximum absolute atomic E-state index is 13.1. The number of carbonyl (C=O) groups is 3. The van der Waals surface area contributed by atoms with E-state index in [2.05, 4.69) is 10.6 Å². The maximum atomic E-state index is 13.1.